The molecule has 3 amide bonds. The van der Waals surface area contributed by atoms with Gasteiger partial charge in [0.25, 0.3) is 11.8 Å². The van der Waals surface area contributed by atoms with Gasteiger partial charge < -0.3 is 25.4 Å². The minimum absolute atomic E-state index is 0.0825. The maximum atomic E-state index is 15.7. The second-order valence-electron chi connectivity index (χ2n) is 23.2. The second kappa shape index (κ2) is 25.0. The molecule has 1 saturated carbocycles. The van der Waals surface area contributed by atoms with E-state index in [9.17, 15) is 95.4 Å². The summed E-state index contributed by atoms with van der Waals surface area (Å²) in [5.74, 6) is -13.7. The maximum Gasteiger partial charge on any atom is 0.524 e. The summed E-state index contributed by atoms with van der Waals surface area (Å²) in [7, 11) is -14.7. The Kier molecular flexibility index (Phi) is 19.0. The molecular weight excluding hydrogens is 1350 g/mol. The fraction of sp³-hybridized carbons (Fsp3) is 0.393. The molecule has 3 heterocycles. The minimum atomic E-state index is -5.56. The summed E-state index contributed by atoms with van der Waals surface area (Å²) in [5.41, 5.74) is -9.71. The number of aromatic nitrogens is 5. The van der Waals surface area contributed by atoms with Crippen LogP contribution in [-0.4, -0.2) is 114 Å². The summed E-state index contributed by atoms with van der Waals surface area (Å²) in [5, 5.41) is 29.2. The molecule has 23 nitrogen and oxygen atoms in total. The second-order valence-corrected chi connectivity index (χ2v) is 29.1. The molecule has 8 rings (SSSR count). The molecule has 7 N–H and O–H groups in total. The van der Waals surface area contributed by atoms with Gasteiger partial charge in [0.2, 0.25) is 21.8 Å². The van der Waals surface area contributed by atoms with E-state index in [1.54, 1.807) is 4.72 Å². The summed E-state index contributed by atoms with van der Waals surface area (Å²) in [6.07, 6.45) is -12.8. The smallest absolute Gasteiger partial charge is 0.481 e. The molecule has 0 spiro atoms. The van der Waals surface area contributed by atoms with Crippen LogP contribution in [0.15, 0.2) is 54.6 Å². The number of halogens is 11. The van der Waals surface area contributed by atoms with Crippen molar-refractivity contribution in [2.45, 2.75) is 126 Å². The van der Waals surface area contributed by atoms with E-state index in [-0.39, 0.29) is 43.7 Å². The Balaban J connectivity index is 1.22. The fourth-order valence-corrected chi connectivity index (χ4v) is 12.9. The number of aryl methyl sites for hydroxylation is 1. The first-order valence-corrected chi connectivity index (χ1v) is 32.5. The number of carboxylic acid groups (broad SMARTS) is 2. The number of phosphoric ester groups is 1. The van der Waals surface area contributed by atoms with Crippen LogP contribution in [0.4, 0.5) is 43.9 Å². The number of alkyl halides is 8. The number of nitrogens with one attached hydrogen (secondary N) is 3. The van der Waals surface area contributed by atoms with Crippen molar-refractivity contribution < 1.29 is 114 Å². The molecule has 1 fully saturated rings. The number of aliphatic carboxylic acids is 2. The van der Waals surface area contributed by atoms with Crippen LogP contribution >= 0.6 is 19.4 Å². The number of hydrogen-bond donors (Lipinski definition) is 7. The number of hydrogen-bond acceptors (Lipinski definition) is 14. The number of fused-ring (bicyclic) bond motifs is 4. The van der Waals surface area contributed by atoms with Crippen molar-refractivity contribution in [3.8, 4) is 28.7 Å². The van der Waals surface area contributed by atoms with E-state index in [0.29, 0.717) is 6.07 Å². The van der Waals surface area contributed by atoms with Crippen LogP contribution in [-0.2, 0) is 86.4 Å². The summed E-state index contributed by atoms with van der Waals surface area (Å²) < 4.78 is 220. The summed E-state index contributed by atoms with van der Waals surface area (Å²) in [4.78, 5) is 88.5. The van der Waals surface area contributed by atoms with E-state index in [2.05, 4.69) is 32.3 Å². The van der Waals surface area contributed by atoms with Crippen molar-refractivity contribution in [2.75, 3.05) is 6.26 Å². The predicted molar refractivity (Wildman–Crippen MR) is 306 cm³/mol. The third-order valence-corrected chi connectivity index (χ3v) is 18.9. The zero-order chi connectivity index (χ0) is 69.4. The van der Waals surface area contributed by atoms with Crippen molar-refractivity contribution in [3.63, 3.8) is 0 Å². The van der Waals surface area contributed by atoms with Gasteiger partial charge in [-0.25, -0.2) is 40.0 Å². The van der Waals surface area contributed by atoms with Gasteiger partial charge in [-0.15, -0.1) is 0 Å². The number of phosphoric acid groups is 1. The molecule has 0 unspecified atom stereocenters. The van der Waals surface area contributed by atoms with Gasteiger partial charge in [0.05, 0.1) is 34.4 Å². The molecule has 93 heavy (non-hydrogen) atoms. The zero-order valence-corrected chi connectivity index (χ0v) is 52.2. The lowest BCUT2D eigenvalue weighted by molar-refractivity contribution is -0.145. The first-order valence-electron chi connectivity index (χ1n) is 27.0. The maximum absolute atomic E-state index is 15.7. The van der Waals surface area contributed by atoms with Crippen LogP contribution in [0.25, 0.3) is 22.0 Å². The molecular formula is C56H52ClF10N8O15PS2. The Morgan fingerprint density at radius 2 is 1.52 bits per heavy atom. The quantitative estimate of drug-likeness (QED) is 0.0192. The fourth-order valence-electron chi connectivity index (χ4n) is 10.9. The highest BCUT2D eigenvalue weighted by Gasteiger charge is 2.68. The van der Waals surface area contributed by atoms with Gasteiger partial charge in [0.15, 0.2) is 15.5 Å². The first kappa shape index (κ1) is 70.7. The zero-order valence-electron chi connectivity index (χ0n) is 48.9. The van der Waals surface area contributed by atoms with E-state index in [1.165, 1.54) is 34.6 Å². The molecule has 3 aromatic heterocycles. The number of amides is 3. The Morgan fingerprint density at radius 1 is 0.882 bits per heavy atom. The predicted octanol–water partition coefficient (Wildman–Crippen LogP) is 8.04. The van der Waals surface area contributed by atoms with Gasteiger partial charge >= 0.3 is 32.1 Å². The SMILES string of the molecule is Cc1cc(C(=O)N[C@@H](CC(=O)O)C(=O)O)cc(OP(=O)(O)O)c1C(C)(C)CC(=O)NS(=O)(=O)Cc1nn(CC(F)(F)F)c2c(-c3ccc(C#CC(C)(C)S(C)(=O)=O)nc3[C@H](Cc3cc(F)cc(F)c3)NC(=O)Cn3nc(C(F)(F)F)c4c3C(F)(F)[C@@H]3C[C@H]43)ccc(Cl)c12. The topological polar surface area (TPSA) is 345 Å². The number of carbonyl (C=O) groups excluding carboxylic acids is 3. The number of sulfone groups is 1. The lowest BCUT2D eigenvalue weighted by Crippen LogP contribution is -2.42. The number of rotatable bonds is 22. The molecule has 500 valence electrons. The van der Waals surface area contributed by atoms with Crippen LogP contribution in [0.2, 0.25) is 5.02 Å². The molecule has 37 heteroatoms. The van der Waals surface area contributed by atoms with Gasteiger partial charge in [-0.05, 0) is 99.0 Å². The number of sulfonamides is 1. The molecule has 2 aliphatic carbocycles. The number of benzene rings is 3. The molecule has 6 aromatic rings. The monoisotopic (exact) mass is 1400 g/mol. The Hall–Kier alpha value is -8.16. The molecule has 0 saturated heterocycles. The van der Waals surface area contributed by atoms with Crippen molar-refractivity contribution in [3.05, 3.63) is 128 Å². The standard InChI is InChI=1S/C56H52ClF10N8O15PS2/c1-25-13-27(50(80)70-37(51(81)82)20-42(78)79)17-39(90-91(83,84)85)45(25)52(2,3)21-40(76)73-93(88,89)23-38-44-35(57)10-9-32(47(44)75(71-38)24-54(60,61)62)31-8-7-30(11-12-53(4,5)92(6,86)87)68-46(31)36(16-26-14-28(58)18-29(59)15-26)69-41(77)22-74-49-43(48(72-74)56(65,66)67)33-19-34(33)55(49,63)64/h7-10,13-15,17-18,33-34,36-37H,16,19-24H2,1-6H3,(H,69,77)(H,70,80)(H,73,76)(H,78,79)(H,81,82)(H2,83,84,85)/t33-,34+,36-,37-/m0/s1. The average molecular weight is 1400 g/mol. The van der Waals surface area contributed by atoms with E-state index in [4.69, 9.17) is 21.2 Å². The van der Waals surface area contributed by atoms with Gasteiger partial charge in [0.1, 0.15) is 58.4 Å². The van der Waals surface area contributed by atoms with E-state index < -0.39 is 221 Å². The van der Waals surface area contributed by atoms with Gasteiger partial charge in [-0.3, -0.25) is 43.1 Å². The third kappa shape index (κ3) is 15.9. The highest BCUT2D eigenvalue weighted by molar-refractivity contribution is 7.92. The Bertz CT molecular complexity index is 4450. The van der Waals surface area contributed by atoms with Crippen molar-refractivity contribution in [2.24, 2.45) is 5.92 Å². The average Bonchev–Trinajstić information content (AvgIpc) is 1.52. The van der Waals surface area contributed by atoms with Gasteiger partial charge in [0, 0.05) is 63.3 Å². The van der Waals surface area contributed by atoms with E-state index in [1.807, 2.05) is 5.32 Å². The Labute approximate surface area is 525 Å². The molecule has 4 atom stereocenters. The van der Waals surface area contributed by atoms with Crippen molar-refractivity contribution >= 4 is 79.8 Å². The summed E-state index contributed by atoms with van der Waals surface area (Å²) >= 11 is 6.69. The van der Waals surface area contributed by atoms with Crippen LogP contribution < -0.4 is 19.9 Å². The summed E-state index contributed by atoms with van der Waals surface area (Å²) in [6, 6.07) is 4.19. The highest BCUT2D eigenvalue weighted by Crippen LogP contribution is 2.68. The molecule has 2 aliphatic rings. The molecule has 0 aliphatic heterocycles. The molecule has 0 radical (unpaired) electrons. The third-order valence-electron chi connectivity index (χ3n) is 15.0. The van der Waals surface area contributed by atoms with Crippen LogP contribution in [0.3, 0.4) is 0 Å². The van der Waals surface area contributed by atoms with Gasteiger partial charge in [-0.1, -0.05) is 37.4 Å². The molecule has 0 bridgehead atoms. The Morgan fingerprint density at radius 3 is 2.10 bits per heavy atom. The van der Waals surface area contributed by atoms with Gasteiger partial charge in [-0.2, -0.15) is 45.3 Å². The number of carboxylic acids is 2. The number of carbonyl (C=O) groups is 5. The van der Waals surface area contributed by atoms with Crippen molar-refractivity contribution in [1.82, 2.24) is 39.9 Å². The lowest BCUT2D eigenvalue weighted by Gasteiger charge is -2.29. The number of pyridine rings is 1. The normalized spacial score (nSPS) is 16.3. The highest BCUT2D eigenvalue weighted by atomic mass is 35.5. The van der Waals surface area contributed by atoms with E-state index >= 15 is 8.78 Å². The summed E-state index contributed by atoms with van der Waals surface area (Å²) in [6.45, 7) is 2.75. The lowest BCUT2D eigenvalue weighted by atomic mass is 9.78. The first-order chi connectivity index (χ1) is 42.6. The largest absolute Gasteiger partial charge is 0.524 e. The number of nitrogens with zero attached hydrogens (tertiary/aromatic N) is 5. The van der Waals surface area contributed by atoms with Crippen molar-refractivity contribution in [1.29, 1.82) is 0 Å². The molecule has 3 aromatic carbocycles. The minimum Gasteiger partial charge on any atom is -0.481 e. The van der Waals surface area contributed by atoms with E-state index in [0.717, 1.165) is 54.8 Å². The van der Waals surface area contributed by atoms with Crippen LogP contribution in [0.5, 0.6) is 5.75 Å². The van der Waals surface area contributed by atoms with Crippen LogP contribution in [0.1, 0.15) is 120 Å². The van der Waals surface area contributed by atoms with Crippen LogP contribution in [0, 0.1) is 36.3 Å².